The molecule has 0 spiro atoms. The number of furan rings is 1. The zero-order valence-corrected chi connectivity index (χ0v) is 18.0. The lowest BCUT2D eigenvalue weighted by atomic mass is 9.63. The van der Waals surface area contributed by atoms with E-state index in [1.54, 1.807) is 18.4 Å². The second kappa shape index (κ2) is 5.96. The summed E-state index contributed by atoms with van der Waals surface area (Å²) in [4.78, 5) is 23.5. The van der Waals surface area contributed by atoms with Crippen LogP contribution in [-0.2, 0) is 22.2 Å². The molecule has 2 aliphatic carbocycles. The molecule has 7 heteroatoms. The number of benzene rings is 1. The van der Waals surface area contributed by atoms with E-state index in [1.807, 2.05) is 12.1 Å². The highest BCUT2D eigenvalue weighted by Crippen LogP contribution is 2.70. The highest BCUT2D eigenvalue weighted by atomic mass is 35.5. The fourth-order valence-electron chi connectivity index (χ4n) is 5.33. The summed E-state index contributed by atoms with van der Waals surface area (Å²) in [6.45, 7) is 6.84. The number of fused-ring (bicyclic) bond motifs is 6. The molecule has 2 heterocycles. The van der Waals surface area contributed by atoms with Crippen molar-refractivity contribution in [3.8, 4) is 0 Å². The zero-order valence-electron chi connectivity index (χ0n) is 16.5. The Morgan fingerprint density at radius 1 is 1.10 bits per heavy atom. The number of halogens is 2. The van der Waals surface area contributed by atoms with Gasteiger partial charge in [0.05, 0.1) is 50.7 Å². The molecule has 2 atom stereocenters. The van der Waals surface area contributed by atoms with Crippen LogP contribution in [-0.4, -0.2) is 15.9 Å². The summed E-state index contributed by atoms with van der Waals surface area (Å²) in [7, 11) is 0. The van der Waals surface area contributed by atoms with Gasteiger partial charge in [0.25, 0.3) is 0 Å². The molecule has 0 aliphatic heterocycles. The molecule has 0 radical (unpaired) electrons. The largest absolute Gasteiger partial charge is 0.467 e. The van der Waals surface area contributed by atoms with Crippen LogP contribution in [0.25, 0.3) is 11.0 Å². The summed E-state index contributed by atoms with van der Waals surface area (Å²) in [6, 6.07) is 7.14. The maximum atomic E-state index is 13.6. The third-order valence-corrected chi connectivity index (χ3v) is 8.19. The van der Waals surface area contributed by atoms with Crippen LogP contribution in [0, 0.1) is 5.41 Å². The molecule has 1 aromatic carbocycles. The van der Waals surface area contributed by atoms with Crippen LogP contribution in [0.5, 0.6) is 0 Å². The van der Waals surface area contributed by atoms with Gasteiger partial charge in [-0.05, 0) is 42.5 Å². The fourth-order valence-corrected chi connectivity index (χ4v) is 5.65. The summed E-state index contributed by atoms with van der Waals surface area (Å²) < 4.78 is 5.38. The molecule has 150 valence electrons. The van der Waals surface area contributed by atoms with Gasteiger partial charge in [-0.1, -0.05) is 44.0 Å². The molecule has 1 saturated carbocycles. The average molecular weight is 430 g/mol. The number of hydrogen-bond donors (Lipinski definition) is 1. The highest BCUT2D eigenvalue weighted by molar-refractivity contribution is 6.42. The Morgan fingerprint density at radius 3 is 2.38 bits per heavy atom. The van der Waals surface area contributed by atoms with Gasteiger partial charge in [-0.25, -0.2) is 9.97 Å². The molecule has 3 aromatic rings. The smallest absolute Gasteiger partial charge is 0.233 e. The van der Waals surface area contributed by atoms with E-state index in [2.05, 4.69) is 26.1 Å². The van der Waals surface area contributed by atoms with E-state index in [0.717, 1.165) is 30.0 Å². The van der Waals surface area contributed by atoms with E-state index < -0.39 is 5.41 Å². The molecule has 5 nitrogen and oxygen atoms in total. The Morgan fingerprint density at radius 2 is 1.76 bits per heavy atom. The number of carbonyl (C=O) groups excluding carboxylic acids is 1. The number of carbonyl (C=O) groups is 1. The fraction of sp³-hybridized carbons (Fsp3) is 0.409. The number of rotatable bonds is 3. The quantitative estimate of drug-likeness (QED) is 0.622. The van der Waals surface area contributed by atoms with Gasteiger partial charge in [0.1, 0.15) is 5.76 Å². The highest BCUT2D eigenvalue weighted by Gasteiger charge is 2.73. The number of amides is 1. The molecule has 0 saturated heterocycles. The monoisotopic (exact) mass is 429 g/mol. The lowest BCUT2D eigenvalue weighted by Gasteiger charge is -2.39. The Balaban J connectivity index is 1.67. The second-order valence-electron chi connectivity index (χ2n) is 8.80. The first kappa shape index (κ1) is 18.9. The molecule has 2 unspecified atom stereocenters. The van der Waals surface area contributed by atoms with Crippen molar-refractivity contribution in [2.24, 2.45) is 5.41 Å². The molecule has 1 N–H and O–H groups in total. The maximum absolute atomic E-state index is 13.6. The minimum atomic E-state index is -0.753. The van der Waals surface area contributed by atoms with Crippen molar-refractivity contribution < 1.29 is 9.21 Å². The van der Waals surface area contributed by atoms with Crippen LogP contribution >= 0.6 is 23.2 Å². The van der Waals surface area contributed by atoms with Gasteiger partial charge in [-0.2, -0.15) is 0 Å². The zero-order chi connectivity index (χ0) is 20.6. The number of nitrogens with one attached hydrogen (secondary N) is 1. The third kappa shape index (κ3) is 2.26. The van der Waals surface area contributed by atoms with E-state index in [4.69, 9.17) is 37.6 Å². The average Bonchev–Trinajstić information content (AvgIpc) is 3.30. The van der Waals surface area contributed by atoms with Crippen molar-refractivity contribution in [2.45, 2.75) is 51.0 Å². The van der Waals surface area contributed by atoms with Gasteiger partial charge in [-0.15, -0.1) is 0 Å². The van der Waals surface area contributed by atoms with E-state index in [9.17, 15) is 4.79 Å². The minimum absolute atomic E-state index is 0.0323. The van der Waals surface area contributed by atoms with Gasteiger partial charge in [0, 0.05) is 5.41 Å². The standard InChI is InChI=1S/C22H21Cl2N3O2/c1-20(2)21(3)6-7-22(20,19(28)25-11-12-5-4-8-29-12)18-17(21)26-15-9-13(23)14(24)10-16(15)27-18/h4-5,8-10H,6-7,11H2,1-3H3,(H,25,28). The number of hydrogen-bond acceptors (Lipinski definition) is 4. The van der Waals surface area contributed by atoms with Gasteiger partial charge in [-0.3, -0.25) is 4.79 Å². The van der Waals surface area contributed by atoms with E-state index >= 15 is 0 Å². The molecule has 5 rings (SSSR count). The molecular weight excluding hydrogens is 409 g/mol. The topological polar surface area (TPSA) is 68.0 Å². The third-order valence-electron chi connectivity index (χ3n) is 7.47. The van der Waals surface area contributed by atoms with Gasteiger partial charge in [0.15, 0.2) is 0 Å². The molecule has 2 bridgehead atoms. The van der Waals surface area contributed by atoms with Crippen molar-refractivity contribution in [3.05, 3.63) is 57.7 Å². The van der Waals surface area contributed by atoms with Gasteiger partial charge in [0.2, 0.25) is 5.91 Å². The summed E-state index contributed by atoms with van der Waals surface area (Å²) in [5, 5.41) is 3.96. The van der Waals surface area contributed by atoms with Crippen molar-refractivity contribution in [1.29, 1.82) is 0 Å². The first-order chi connectivity index (χ1) is 13.7. The number of aromatic nitrogens is 2. The normalized spacial score (nSPS) is 26.7. The Hall–Kier alpha value is -2.11. The van der Waals surface area contributed by atoms with Crippen molar-refractivity contribution in [3.63, 3.8) is 0 Å². The first-order valence-corrected chi connectivity index (χ1v) is 10.4. The summed E-state index contributed by atoms with van der Waals surface area (Å²) >= 11 is 12.4. The van der Waals surface area contributed by atoms with Crippen LogP contribution in [0.4, 0.5) is 0 Å². The molecule has 29 heavy (non-hydrogen) atoms. The van der Waals surface area contributed by atoms with Crippen molar-refractivity contribution >= 4 is 40.1 Å². The van der Waals surface area contributed by atoms with E-state index in [0.29, 0.717) is 27.6 Å². The Bertz CT molecular complexity index is 1160. The summed E-state index contributed by atoms with van der Waals surface area (Å²) in [6.07, 6.45) is 3.21. The molecule has 1 fully saturated rings. The van der Waals surface area contributed by atoms with Crippen LogP contribution in [0.15, 0.2) is 34.9 Å². The molecule has 2 aromatic heterocycles. The summed E-state index contributed by atoms with van der Waals surface area (Å²) in [5.74, 6) is 0.688. The van der Waals surface area contributed by atoms with Crippen LogP contribution in [0.2, 0.25) is 10.0 Å². The minimum Gasteiger partial charge on any atom is -0.467 e. The molecular formula is C22H21Cl2N3O2. The van der Waals surface area contributed by atoms with Gasteiger partial charge < -0.3 is 9.73 Å². The SMILES string of the molecule is CC12CCC(C(=O)NCc3ccco3)(c3nc4cc(Cl)c(Cl)cc4nc31)C2(C)C. The Labute approximate surface area is 178 Å². The molecule has 1 amide bonds. The maximum Gasteiger partial charge on any atom is 0.233 e. The Kier molecular flexibility index (Phi) is 3.88. The van der Waals surface area contributed by atoms with Crippen molar-refractivity contribution in [2.75, 3.05) is 0 Å². The van der Waals surface area contributed by atoms with Crippen molar-refractivity contribution in [1.82, 2.24) is 15.3 Å². The predicted octanol–water partition coefficient (Wildman–Crippen LogP) is 5.18. The first-order valence-electron chi connectivity index (χ1n) is 9.69. The van der Waals surface area contributed by atoms with E-state index in [-0.39, 0.29) is 16.7 Å². The lowest BCUT2D eigenvalue weighted by molar-refractivity contribution is -0.130. The second-order valence-corrected chi connectivity index (χ2v) is 9.61. The van der Waals surface area contributed by atoms with Crippen LogP contribution < -0.4 is 5.32 Å². The molecule has 2 aliphatic rings. The van der Waals surface area contributed by atoms with Crippen LogP contribution in [0.3, 0.4) is 0 Å². The predicted molar refractivity (Wildman–Crippen MR) is 112 cm³/mol. The lowest BCUT2D eigenvalue weighted by Crippen LogP contribution is -2.51. The number of nitrogens with zero attached hydrogens (tertiary/aromatic N) is 2. The van der Waals surface area contributed by atoms with E-state index in [1.165, 1.54) is 0 Å². The summed E-state index contributed by atoms with van der Waals surface area (Å²) in [5.41, 5.74) is 1.67. The van der Waals surface area contributed by atoms with Gasteiger partial charge >= 0.3 is 0 Å². The van der Waals surface area contributed by atoms with Crippen LogP contribution in [0.1, 0.15) is 50.8 Å².